The van der Waals surface area contributed by atoms with Gasteiger partial charge in [0, 0.05) is 9.35 Å². The molecule has 1 N–H and O–H groups in total. The highest BCUT2D eigenvalue weighted by atomic mass is 79.9. The Bertz CT molecular complexity index is 524. The van der Waals surface area contributed by atoms with E-state index in [4.69, 9.17) is 4.74 Å². The van der Waals surface area contributed by atoms with E-state index in [9.17, 15) is 0 Å². The quantitative estimate of drug-likeness (QED) is 0.756. The van der Waals surface area contributed by atoms with Gasteiger partial charge in [0.1, 0.15) is 5.75 Å². The average molecular weight is 354 g/mol. The van der Waals surface area contributed by atoms with Crippen LogP contribution in [0, 0.1) is 0 Å². The highest BCUT2D eigenvalue weighted by Crippen LogP contribution is 2.33. The molecule has 1 unspecified atom stereocenters. The maximum Gasteiger partial charge on any atom is 0.119 e. The molecule has 2 nitrogen and oxygen atoms in total. The Morgan fingerprint density at radius 1 is 1.20 bits per heavy atom. The molecule has 0 saturated carbocycles. The van der Waals surface area contributed by atoms with Gasteiger partial charge >= 0.3 is 0 Å². The lowest BCUT2D eigenvalue weighted by Crippen LogP contribution is -2.21. The third kappa shape index (κ3) is 3.84. The van der Waals surface area contributed by atoms with Crippen LogP contribution in [0.5, 0.6) is 5.75 Å². The minimum Gasteiger partial charge on any atom is -0.494 e. The van der Waals surface area contributed by atoms with Gasteiger partial charge in [0.25, 0.3) is 0 Å². The summed E-state index contributed by atoms with van der Waals surface area (Å²) in [6.45, 7) is 5.95. The van der Waals surface area contributed by atoms with Gasteiger partial charge < -0.3 is 10.1 Å². The Labute approximate surface area is 133 Å². The summed E-state index contributed by atoms with van der Waals surface area (Å²) in [4.78, 5) is 1.31. The normalized spacial score (nSPS) is 12.3. The number of thiophene rings is 1. The summed E-state index contributed by atoms with van der Waals surface area (Å²) in [5.74, 6) is 0.941. The van der Waals surface area contributed by atoms with Crippen LogP contribution < -0.4 is 10.1 Å². The second kappa shape index (κ2) is 7.81. The second-order valence-electron chi connectivity index (χ2n) is 4.54. The predicted octanol–water partition coefficient (Wildman–Crippen LogP) is 5.00. The lowest BCUT2D eigenvalue weighted by Gasteiger charge is -2.18. The van der Waals surface area contributed by atoms with Gasteiger partial charge in [0.05, 0.1) is 12.6 Å². The molecule has 4 heteroatoms. The van der Waals surface area contributed by atoms with Gasteiger partial charge in [0.2, 0.25) is 0 Å². The van der Waals surface area contributed by atoms with E-state index in [-0.39, 0.29) is 6.04 Å². The standard InChI is InChI=1S/C16H20BrNOS/c1-3-10-19-13-7-5-12(6-8-13)15(18-4-2)16-14(17)9-11-20-16/h5-9,11,15,18H,3-4,10H2,1-2H3. The molecule has 0 saturated heterocycles. The summed E-state index contributed by atoms with van der Waals surface area (Å²) in [6.07, 6.45) is 1.03. The van der Waals surface area contributed by atoms with Crippen LogP contribution in [0.2, 0.25) is 0 Å². The van der Waals surface area contributed by atoms with Crippen molar-refractivity contribution in [2.75, 3.05) is 13.2 Å². The molecule has 108 valence electrons. The number of ether oxygens (including phenoxy) is 1. The van der Waals surface area contributed by atoms with Crippen molar-refractivity contribution in [2.45, 2.75) is 26.3 Å². The van der Waals surface area contributed by atoms with Crippen LogP contribution in [0.1, 0.15) is 36.8 Å². The minimum absolute atomic E-state index is 0.231. The van der Waals surface area contributed by atoms with Crippen LogP contribution in [0.4, 0.5) is 0 Å². The van der Waals surface area contributed by atoms with Crippen LogP contribution in [-0.2, 0) is 0 Å². The highest BCUT2D eigenvalue weighted by Gasteiger charge is 2.17. The molecule has 0 aliphatic heterocycles. The van der Waals surface area contributed by atoms with Crippen molar-refractivity contribution in [3.05, 3.63) is 50.6 Å². The predicted molar refractivity (Wildman–Crippen MR) is 89.8 cm³/mol. The zero-order valence-corrected chi connectivity index (χ0v) is 14.3. The van der Waals surface area contributed by atoms with E-state index < -0.39 is 0 Å². The fourth-order valence-corrected chi connectivity index (χ4v) is 3.76. The first-order valence-corrected chi connectivity index (χ1v) is 8.62. The maximum absolute atomic E-state index is 5.64. The summed E-state index contributed by atoms with van der Waals surface area (Å²) >= 11 is 5.40. The SMILES string of the molecule is CCCOc1ccc(C(NCC)c2sccc2Br)cc1. The van der Waals surface area contributed by atoms with Gasteiger partial charge in [-0.3, -0.25) is 0 Å². The highest BCUT2D eigenvalue weighted by molar-refractivity contribution is 9.10. The molecule has 1 atom stereocenters. The van der Waals surface area contributed by atoms with Crippen LogP contribution in [0.3, 0.4) is 0 Å². The van der Waals surface area contributed by atoms with E-state index in [1.54, 1.807) is 11.3 Å². The molecule has 1 aromatic carbocycles. The molecule has 20 heavy (non-hydrogen) atoms. The monoisotopic (exact) mass is 353 g/mol. The van der Waals surface area contributed by atoms with Gasteiger partial charge in [-0.1, -0.05) is 26.0 Å². The van der Waals surface area contributed by atoms with Gasteiger partial charge in [-0.05, 0) is 58.0 Å². The number of rotatable bonds is 7. The lowest BCUT2D eigenvalue weighted by molar-refractivity contribution is 0.317. The van der Waals surface area contributed by atoms with Crippen molar-refractivity contribution in [3.63, 3.8) is 0 Å². The molecule has 0 amide bonds. The average Bonchev–Trinajstić information content (AvgIpc) is 2.89. The maximum atomic E-state index is 5.64. The Kier molecular flexibility index (Phi) is 6.07. The van der Waals surface area contributed by atoms with Gasteiger partial charge in [-0.2, -0.15) is 0 Å². The molecule has 0 radical (unpaired) electrons. The molecule has 0 aliphatic carbocycles. The molecule has 1 aromatic heterocycles. The molecule has 0 fully saturated rings. The number of nitrogens with one attached hydrogen (secondary N) is 1. The molecule has 0 spiro atoms. The Balaban J connectivity index is 2.19. The van der Waals surface area contributed by atoms with E-state index in [0.29, 0.717) is 0 Å². The molecular weight excluding hydrogens is 334 g/mol. The first-order valence-electron chi connectivity index (χ1n) is 6.95. The summed E-state index contributed by atoms with van der Waals surface area (Å²) in [6, 6.07) is 10.7. The first-order chi connectivity index (χ1) is 9.76. The smallest absolute Gasteiger partial charge is 0.119 e. The number of hydrogen-bond donors (Lipinski definition) is 1. The van der Waals surface area contributed by atoms with Gasteiger partial charge in [-0.25, -0.2) is 0 Å². The second-order valence-corrected chi connectivity index (χ2v) is 6.34. The summed E-state index contributed by atoms with van der Waals surface area (Å²) < 4.78 is 6.80. The number of hydrogen-bond acceptors (Lipinski definition) is 3. The van der Waals surface area contributed by atoms with Crippen LogP contribution >= 0.6 is 27.3 Å². The Morgan fingerprint density at radius 2 is 1.95 bits per heavy atom. The van der Waals surface area contributed by atoms with Crippen LogP contribution in [0.25, 0.3) is 0 Å². The Morgan fingerprint density at radius 3 is 2.50 bits per heavy atom. The third-order valence-electron chi connectivity index (χ3n) is 3.00. The lowest BCUT2D eigenvalue weighted by atomic mass is 10.1. The fourth-order valence-electron chi connectivity index (χ4n) is 2.05. The summed E-state index contributed by atoms with van der Waals surface area (Å²) in [5.41, 5.74) is 1.26. The van der Waals surface area contributed by atoms with E-state index in [1.165, 1.54) is 14.9 Å². The van der Waals surface area contributed by atoms with Crippen molar-refractivity contribution < 1.29 is 4.74 Å². The van der Waals surface area contributed by atoms with E-state index >= 15 is 0 Å². The van der Waals surface area contributed by atoms with E-state index in [2.05, 4.69) is 70.8 Å². The fraction of sp³-hybridized carbons (Fsp3) is 0.375. The topological polar surface area (TPSA) is 21.3 Å². The van der Waals surface area contributed by atoms with Crippen LogP contribution in [-0.4, -0.2) is 13.2 Å². The van der Waals surface area contributed by atoms with Gasteiger partial charge in [-0.15, -0.1) is 11.3 Å². The van der Waals surface area contributed by atoms with Crippen molar-refractivity contribution in [1.29, 1.82) is 0 Å². The summed E-state index contributed by atoms with van der Waals surface area (Å²) in [5, 5.41) is 5.66. The summed E-state index contributed by atoms with van der Waals surface area (Å²) in [7, 11) is 0. The first kappa shape index (κ1) is 15.5. The third-order valence-corrected chi connectivity index (χ3v) is 4.94. The minimum atomic E-state index is 0.231. The number of halogens is 1. The molecule has 0 aliphatic rings. The van der Waals surface area contributed by atoms with Crippen molar-refractivity contribution in [1.82, 2.24) is 5.32 Å². The van der Waals surface area contributed by atoms with E-state index in [1.807, 2.05) is 0 Å². The van der Waals surface area contributed by atoms with Crippen molar-refractivity contribution in [2.24, 2.45) is 0 Å². The largest absolute Gasteiger partial charge is 0.494 e. The van der Waals surface area contributed by atoms with Gasteiger partial charge in [0.15, 0.2) is 0 Å². The Hall–Kier alpha value is -0.840. The molecule has 2 rings (SSSR count). The zero-order chi connectivity index (χ0) is 14.4. The van der Waals surface area contributed by atoms with E-state index in [0.717, 1.165) is 25.3 Å². The molecule has 2 aromatic rings. The number of benzene rings is 1. The van der Waals surface area contributed by atoms with Crippen LogP contribution in [0.15, 0.2) is 40.2 Å². The molecular formula is C16H20BrNOS. The van der Waals surface area contributed by atoms with Crippen molar-refractivity contribution in [3.8, 4) is 5.75 Å². The van der Waals surface area contributed by atoms with Crippen molar-refractivity contribution >= 4 is 27.3 Å². The molecule has 1 heterocycles. The molecule has 0 bridgehead atoms. The zero-order valence-electron chi connectivity index (χ0n) is 11.9.